The van der Waals surface area contributed by atoms with Crippen LogP contribution in [-0.4, -0.2) is 107 Å². The van der Waals surface area contributed by atoms with Crippen LogP contribution < -0.4 is 14.4 Å². The average Bonchev–Trinajstić information content (AvgIpc) is 3.12. The molecule has 2 aromatic carbocycles. The summed E-state index contributed by atoms with van der Waals surface area (Å²) in [4.78, 5) is 21.2. The smallest absolute Gasteiger partial charge is 0.264 e. The normalized spacial score (nSPS) is 31.1. The van der Waals surface area contributed by atoms with E-state index >= 15 is 0 Å². The zero-order valence-electron chi connectivity index (χ0n) is 31.2. The Morgan fingerprint density at radius 1 is 0.962 bits per heavy atom. The number of rotatable bonds is 4. The Bertz CT molecular complexity index is 1680. The maximum Gasteiger partial charge on any atom is 0.264 e. The molecule has 0 unspecified atom stereocenters. The third-order valence-electron chi connectivity index (χ3n) is 13.0. The quantitative estimate of drug-likeness (QED) is 0.418. The number of fused-ring (bicyclic) bond motifs is 3. The first-order valence-electron chi connectivity index (χ1n) is 19.5. The van der Waals surface area contributed by atoms with Gasteiger partial charge in [-0.15, -0.1) is 0 Å². The molecule has 5 atom stereocenters. The van der Waals surface area contributed by atoms with E-state index in [9.17, 15) is 13.2 Å². The van der Waals surface area contributed by atoms with Crippen LogP contribution >= 0.6 is 11.6 Å². The third-order valence-corrected chi connectivity index (χ3v) is 15.2. The molecule has 3 fully saturated rings. The van der Waals surface area contributed by atoms with E-state index in [4.69, 9.17) is 25.8 Å². The monoisotopic (exact) mass is 756 g/mol. The summed E-state index contributed by atoms with van der Waals surface area (Å²) < 4.78 is 48.4. The minimum atomic E-state index is -3.92. The van der Waals surface area contributed by atoms with Gasteiger partial charge < -0.3 is 19.1 Å². The minimum Gasteiger partial charge on any atom is -0.487 e. The number of anilines is 1. The van der Waals surface area contributed by atoms with Gasteiger partial charge in [0.25, 0.3) is 5.91 Å². The van der Waals surface area contributed by atoms with E-state index in [0.717, 1.165) is 127 Å². The van der Waals surface area contributed by atoms with Gasteiger partial charge in [0.2, 0.25) is 10.0 Å². The molecule has 0 radical (unpaired) electrons. The highest BCUT2D eigenvalue weighted by atomic mass is 35.5. The lowest BCUT2D eigenvalue weighted by molar-refractivity contribution is -0.137. The van der Waals surface area contributed by atoms with Crippen LogP contribution in [0.5, 0.6) is 5.75 Å². The summed E-state index contributed by atoms with van der Waals surface area (Å²) in [5.74, 6) is 0.721. The van der Waals surface area contributed by atoms with E-state index in [1.54, 1.807) is 13.0 Å². The number of nitrogens with one attached hydrogen (secondary N) is 1. The molecule has 0 spiro atoms. The minimum absolute atomic E-state index is 0.132. The molecule has 2 bridgehead atoms. The molecule has 4 aliphatic heterocycles. The molecule has 12 heteroatoms. The van der Waals surface area contributed by atoms with Crippen LogP contribution in [0.1, 0.15) is 80.3 Å². The second kappa shape index (κ2) is 16.1. The Hall–Kier alpha value is -2.41. The van der Waals surface area contributed by atoms with Crippen molar-refractivity contribution in [1.82, 2.24) is 14.5 Å². The van der Waals surface area contributed by atoms with Gasteiger partial charge in [-0.2, -0.15) is 0 Å². The molecule has 10 nitrogen and oxygen atoms in total. The molecule has 52 heavy (non-hydrogen) atoms. The summed E-state index contributed by atoms with van der Waals surface area (Å²) in [5.41, 5.74) is 3.10. The van der Waals surface area contributed by atoms with Crippen molar-refractivity contribution in [2.24, 2.45) is 17.8 Å². The van der Waals surface area contributed by atoms with Crippen molar-refractivity contribution in [2.45, 2.75) is 88.7 Å². The number of amides is 1. The summed E-state index contributed by atoms with van der Waals surface area (Å²) in [6.07, 6.45) is 7.54. The fraction of sp³-hybridized carbons (Fsp3) is 0.675. The molecule has 0 aromatic heterocycles. The highest BCUT2D eigenvalue weighted by Gasteiger charge is 2.49. The molecule has 7 rings (SSSR count). The van der Waals surface area contributed by atoms with Crippen LogP contribution in [0.2, 0.25) is 5.02 Å². The van der Waals surface area contributed by atoms with E-state index in [0.29, 0.717) is 35.8 Å². The number of hydrogen-bond acceptors (Lipinski definition) is 9. The molecule has 286 valence electrons. The molecule has 1 aliphatic carbocycles. The van der Waals surface area contributed by atoms with Crippen LogP contribution in [0.25, 0.3) is 0 Å². The zero-order valence-corrected chi connectivity index (χ0v) is 32.7. The maximum atomic E-state index is 13.6. The highest BCUT2D eigenvalue weighted by molar-refractivity contribution is 7.90. The van der Waals surface area contributed by atoms with Crippen LogP contribution in [0.3, 0.4) is 0 Å². The number of sulfonamides is 1. The summed E-state index contributed by atoms with van der Waals surface area (Å²) in [6.45, 7) is 12.4. The van der Waals surface area contributed by atoms with Gasteiger partial charge >= 0.3 is 0 Å². The van der Waals surface area contributed by atoms with Gasteiger partial charge in [0.1, 0.15) is 12.4 Å². The first-order valence-corrected chi connectivity index (χ1v) is 21.4. The number of halogens is 1. The number of nitrogens with zero attached hydrogens (tertiary/aromatic N) is 3. The Balaban J connectivity index is 1.21. The zero-order chi connectivity index (χ0) is 36.5. The number of aryl methyl sites for hydroxylation is 1. The topological polar surface area (TPSA) is 101 Å². The largest absolute Gasteiger partial charge is 0.487 e. The molecule has 5 aliphatic rings. The van der Waals surface area contributed by atoms with Crippen molar-refractivity contribution < 1.29 is 27.4 Å². The van der Waals surface area contributed by atoms with Gasteiger partial charge in [0.15, 0.2) is 0 Å². The van der Waals surface area contributed by atoms with Crippen molar-refractivity contribution >= 4 is 33.2 Å². The summed E-state index contributed by atoms with van der Waals surface area (Å²) in [7, 11) is -2.02. The van der Waals surface area contributed by atoms with Crippen molar-refractivity contribution in [3.63, 3.8) is 0 Å². The van der Waals surface area contributed by atoms with E-state index in [2.05, 4.69) is 19.4 Å². The lowest BCUT2D eigenvalue weighted by Crippen LogP contribution is -2.61. The highest BCUT2D eigenvalue weighted by Crippen LogP contribution is 2.48. The van der Waals surface area contributed by atoms with E-state index in [1.165, 1.54) is 5.56 Å². The van der Waals surface area contributed by atoms with Crippen molar-refractivity contribution in [2.75, 3.05) is 71.0 Å². The number of hydrogen-bond donors (Lipinski definition) is 1. The van der Waals surface area contributed by atoms with Crippen LogP contribution in [-0.2, 0) is 32.5 Å². The molecular weight excluding hydrogens is 700 g/mol. The summed E-state index contributed by atoms with van der Waals surface area (Å²) >= 11 is 6.41. The fourth-order valence-electron chi connectivity index (χ4n) is 9.19. The van der Waals surface area contributed by atoms with Gasteiger partial charge in [0.05, 0.1) is 35.8 Å². The SMILES string of the molecule is CO[C@@]1(CN2CCN(C3COC3)CC2)CCC[C@H](C)[C@@H](C)S(=O)(=O)NC(=O)c2ccc3c(c2)N(CCCCc2cc(Cl)ccc2CO3)C[C@@H]2CC[C@H]21. The number of methoxy groups -OCH3 is 1. The lowest BCUT2D eigenvalue weighted by Gasteiger charge is -2.53. The van der Waals surface area contributed by atoms with Crippen molar-refractivity contribution in [3.05, 3.63) is 58.1 Å². The number of carbonyl (C=O) groups excluding carboxylic acids is 1. The number of ether oxygens (including phenoxy) is 3. The Kier molecular flexibility index (Phi) is 11.8. The standard InChI is InChI=1S/C40H57ClN4O6S/c1-28-7-6-15-40(49-3,27-43-17-19-44(20-18-43)35-25-50-26-35)36-13-10-32(36)23-45-16-5-4-8-30-21-34(41)12-9-33(30)24-51-38-14-11-31(22-37(38)45)39(46)42-52(47,48)29(28)2/h9,11-12,14,21-22,28-29,32,35-36H,4-8,10,13,15-20,23-27H2,1-3H3,(H,42,46)/t28-,29+,32-,36+,40+/m0/s1. The fourth-order valence-corrected chi connectivity index (χ4v) is 10.7. The summed E-state index contributed by atoms with van der Waals surface area (Å²) in [6, 6.07) is 11.9. The summed E-state index contributed by atoms with van der Waals surface area (Å²) in [5, 5.41) is -0.00325. The molecule has 2 saturated heterocycles. The molecule has 4 heterocycles. The van der Waals surface area contributed by atoms with Gasteiger partial charge in [0, 0.05) is 63.5 Å². The van der Waals surface area contributed by atoms with Gasteiger partial charge in [-0.05, 0) is 111 Å². The van der Waals surface area contributed by atoms with Crippen molar-refractivity contribution in [1.29, 1.82) is 0 Å². The van der Waals surface area contributed by atoms with Crippen LogP contribution in [0.15, 0.2) is 36.4 Å². The molecule has 1 amide bonds. The number of carbonyl (C=O) groups is 1. The molecule has 2 aromatic rings. The van der Waals surface area contributed by atoms with Crippen molar-refractivity contribution in [3.8, 4) is 5.75 Å². The van der Waals surface area contributed by atoms with Gasteiger partial charge in [-0.3, -0.25) is 14.6 Å². The lowest BCUT2D eigenvalue weighted by atomic mass is 9.62. The molecular formula is C40H57ClN4O6S. The molecule has 1 saturated carbocycles. The van der Waals surface area contributed by atoms with Crippen LogP contribution in [0.4, 0.5) is 5.69 Å². The Labute approximate surface area is 315 Å². The van der Waals surface area contributed by atoms with Gasteiger partial charge in [-0.1, -0.05) is 31.0 Å². The van der Waals surface area contributed by atoms with Gasteiger partial charge in [-0.25, -0.2) is 13.1 Å². The second-order valence-corrected chi connectivity index (χ2v) is 18.5. The second-order valence-electron chi connectivity index (χ2n) is 16.1. The van der Waals surface area contributed by atoms with Crippen LogP contribution in [0, 0.1) is 17.8 Å². The van der Waals surface area contributed by atoms with E-state index in [1.807, 2.05) is 44.4 Å². The molecule has 1 N–H and O–H groups in total. The van der Waals surface area contributed by atoms with E-state index < -0.39 is 21.2 Å². The Morgan fingerprint density at radius 2 is 1.77 bits per heavy atom. The first kappa shape index (κ1) is 37.9. The average molecular weight is 757 g/mol. The number of benzene rings is 2. The maximum absolute atomic E-state index is 13.6. The Morgan fingerprint density at radius 3 is 2.48 bits per heavy atom. The predicted octanol–water partition coefficient (Wildman–Crippen LogP) is 5.76. The number of piperazine rings is 1. The predicted molar refractivity (Wildman–Crippen MR) is 205 cm³/mol. The third kappa shape index (κ3) is 8.15. The van der Waals surface area contributed by atoms with E-state index in [-0.39, 0.29) is 11.5 Å². The first-order chi connectivity index (χ1) is 25.0.